The summed E-state index contributed by atoms with van der Waals surface area (Å²) in [5, 5.41) is 11.6. The number of nitrogens with zero attached hydrogens (tertiary/aromatic N) is 1. The van der Waals surface area contributed by atoms with Gasteiger partial charge in [0.1, 0.15) is 5.69 Å². The van der Waals surface area contributed by atoms with Crippen LogP contribution in [0, 0.1) is 13.8 Å². The summed E-state index contributed by atoms with van der Waals surface area (Å²) in [6.07, 6.45) is 2.43. The number of carbonyl (C=O) groups is 1. The van der Waals surface area contributed by atoms with Gasteiger partial charge in [-0.3, -0.25) is 9.59 Å². The second kappa shape index (κ2) is 12.8. The van der Waals surface area contributed by atoms with Gasteiger partial charge in [-0.15, -0.1) is 0 Å². The molecular formula is C34H38N2O5S. The molecule has 1 aromatic heterocycles. The maximum absolute atomic E-state index is 13.9. The molecule has 0 radical (unpaired) electrons. The fourth-order valence-electron chi connectivity index (χ4n) is 5.36. The predicted molar refractivity (Wildman–Crippen MR) is 168 cm³/mol. The van der Waals surface area contributed by atoms with E-state index >= 15 is 0 Å². The second-order valence-corrected chi connectivity index (χ2v) is 12.4. The Bertz CT molecular complexity index is 1750. The fourth-order valence-corrected chi connectivity index (χ4v) is 6.74. The van der Waals surface area contributed by atoms with Crippen molar-refractivity contribution in [2.24, 2.45) is 0 Å². The van der Waals surface area contributed by atoms with Crippen LogP contribution in [0.1, 0.15) is 67.2 Å². The van der Waals surface area contributed by atoms with Crippen LogP contribution in [-0.4, -0.2) is 30.8 Å². The maximum atomic E-state index is 13.9. The van der Waals surface area contributed by atoms with Gasteiger partial charge < -0.3 is 15.0 Å². The first-order valence-electron chi connectivity index (χ1n) is 14.3. The number of ketones is 1. The number of benzene rings is 3. The first-order valence-corrected chi connectivity index (χ1v) is 15.8. The van der Waals surface area contributed by atoms with E-state index in [0.717, 1.165) is 29.7 Å². The summed E-state index contributed by atoms with van der Waals surface area (Å²) >= 11 is 0. The summed E-state index contributed by atoms with van der Waals surface area (Å²) in [5.74, 6) is -0.576. The van der Waals surface area contributed by atoms with Crippen LogP contribution in [0.5, 0.6) is 5.75 Å². The Hall–Kier alpha value is -4.17. The summed E-state index contributed by atoms with van der Waals surface area (Å²) in [5.41, 5.74) is 4.70. The quantitative estimate of drug-likeness (QED) is 0.179. The number of carbonyl (C=O) groups excluding carboxylic acids is 1. The Kier molecular flexibility index (Phi) is 9.36. The van der Waals surface area contributed by atoms with Crippen molar-refractivity contribution >= 4 is 27.0 Å². The van der Waals surface area contributed by atoms with Crippen molar-refractivity contribution in [2.75, 3.05) is 11.4 Å². The van der Waals surface area contributed by atoms with Crippen molar-refractivity contribution in [2.45, 2.75) is 70.1 Å². The van der Waals surface area contributed by atoms with Crippen molar-refractivity contribution in [1.29, 1.82) is 0 Å². The summed E-state index contributed by atoms with van der Waals surface area (Å²) in [7, 11) is -4.42. The van der Waals surface area contributed by atoms with Gasteiger partial charge in [-0.1, -0.05) is 62.7 Å². The molecule has 2 N–H and O–H groups in total. The Morgan fingerprint density at radius 1 is 0.929 bits per heavy atom. The number of hydrogen-bond donors (Lipinski definition) is 2. The second-order valence-electron chi connectivity index (χ2n) is 10.5. The minimum atomic E-state index is -4.42. The third-order valence-electron chi connectivity index (χ3n) is 7.37. The molecular weight excluding hydrogens is 548 g/mol. The molecule has 0 fully saturated rings. The Morgan fingerprint density at radius 3 is 2.17 bits per heavy atom. The number of aryl methyl sites for hydroxylation is 3. The largest absolute Gasteiger partial charge is 0.504 e. The Morgan fingerprint density at radius 2 is 1.57 bits per heavy atom. The molecule has 0 spiro atoms. The van der Waals surface area contributed by atoms with E-state index in [1.54, 1.807) is 31.2 Å². The molecule has 0 unspecified atom stereocenters. The van der Waals surface area contributed by atoms with E-state index in [0.29, 0.717) is 41.8 Å². The lowest BCUT2D eigenvalue weighted by molar-refractivity contribution is 0.0988. The van der Waals surface area contributed by atoms with Crippen LogP contribution in [0.4, 0.5) is 11.4 Å². The molecule has 0 aliphatic carbocycles. The Labute approximate surface area is 247 Å². The lowest BCUT2D eigenvalue weighted by atomic mass is 9.96. The predicted octanol–water partition coefficient (Wildman–Crippen LogP) is 7.29. The number of rotatable bonds is 11. The number of hydrogen-bond acceptors (Lipinski definition) is 6. The van der Waals surface area contributed by atoms with Gasteiger partial charge >= 0.3 is 0 Å². The lowest BCUT2D eigenvalue weighted by Crippen LogP contribution is -2.25. The number of anilines is 2. The van der Waals surface area contributed by atoms with Crippen LogP contribution in [0.2, 0.25) is 0 Å². The number of Topliss-reactive ketones (excluding diaryl/α,β-unsaturated/α-hetero) is 1. The third-order valence-corrected chi connectivity index (χ3v) is 9.18. The van der Waals surface area contributed by atoms with Crippen LogP contribution in [-0.2, 0) is 16.3 Å². The average molecular weight is 587 g/mol. The zero-order valence-electron chi connectivity index (χ0n) is 24.8. The van der Waals surface area contributed by atoms with E-state index in [9.17, 15) is 23.1 Å². The number of H-pyrrole nitrogens is 1. The molecule has 3 aromatic carbocycles. The maximum Gasteiger partial charge on any atom is 0.271 e. The van der Waals surface area contributed by atoms with Crippen molar-refractivity contribution in [3.8, 4) is 16.9 Å². The van der Waals surface area contributed by atoms with E-state index < -0.39 is 26.0 Å². The monoisotopic (exact) mass is 586 g/mol. The summed E-state index contributed by atoms with van der Waals surface area (Å²) < 4.78 is 27.9. The number of pyridine rings is 1. The minimum Gasteiger partial charge on any atom is -0.504 e. The highest BCUT2D eigenvalue weighted by atomic mass is 32.2. The SMILES string of the molecule is CCCCc1[nH]c(=O)c(S(=O)(=O)c2ccc(-c3ccccc3C(=O)CC)cc2)c(O)c1N(CC)c1cc(C)cc(C)c1. The van der Waals surface area contributed by atoms with Gasteiger partial charge in [0.05, 0.1) is 4.90 Å². The zero-order valence-corrected chi connectivity index (χ0v) is 25.6. The number of aromatic amines is 1. The van der Waals surface area contributed by atoms with Crippen LogP contribution >= 0.6 is 0 Å². The molecule has 8 heteroatoms. The zero-order chi connectivity index (χ0) is 30.6. The highest BCUT2D eigenvalue weighted by molar-refractivity contribution is 7.91. The van der Waals surface area contributed by atoms with E-state index in [-0.39, 0.29) is 16.4 Å². The van der Waals surface area contributed by atoms with Gasteiger partial charge in [-0.25, -0.2) is 8.42 Å². The van der Waals surface area contributed by atoms with Gasteiger partial charge in [0.25, 0.3) is 5.56 Å². The smallest absolute Gasteiger partial charge is 0.271 e. The number of aromatic nitrogens is 1. The van der Waals surface area contributed by atoms with Gasteiger partial charge in [-0.2, -0.15) is 0 Å². The first kappa shape index (κ1) is 30.8. The molecule has 0 aliphatic rings. The molecule has 7 nitrogen and oxygen atoms in total. The molecule has 0 aliphatic heterocycles. The van der Waals surface area contributed by atoms with Crippen molar-refractivity contribution in [1.82, 2.24) is 4.98 Å². The molecule has 0 atom stereocenters. The standard InChI is InChI=1S/C34H38N2O5S/c1-6-9-14-29-31(36(8-3)25-20-22(4)19-23(5)21-25)32(38)33(34(39)35-29)42(40,41)26-17-15-24(16-18-26)27-12-10-11-13-28(27)30(37)7-2/h10-13,15-21H,6-9,14H2,1-5H3,(H2,35,38,39). The van der Waals surface area contributed by atoms with E-state index in [2.05, 4.69) is 4.98 Å². The van der Waals surface area contributed by atoms with Crippen LogP contribution in [0.25, 0.3) is 11.1 Å². The number of aromatic hydroxyl groups is 1. The highest BCUT2D eigenvalue weighted by Gasteiger charge is 2.31. The van der Waals surface area contributed by atoms with E-state index in [1.807, 2.05) is 62.9 Å². The summed E-state index contributed by atoms with van der Waals surface area (Å²) in [4.78, 5) is 29.6. The van der Waals surface area contributed by atoms with E-state index in [4.69, 9.17) is 0 Å². The van der Waals surface area contributed by atoms with Crippen LogP contribution in [0.3, 0.4) is 0 Å². The number of nitrogens with one attached hydrogen (secondary N) is 1. The van der Waals surface area contributed by atoms with Crippen molar-refractivity contribution < 1.29 is 18.3 Å². The van der Waals surface area contributed by atoms with Gasteiger partial charge in [-0.05, 0) is 80.1 Å². The topological polar surface area (TPSA) is 108 Å². The molecule has 0 amide bonds. The van der Waals surface area contributed by atoms with Crippen molar-refractivity contribution in [3.63, 3.8) is 0 Å². The average Bonchev–Trinajstić information content (AvgIpc) is 2.96. The normalized spacial score (nSPS) is 11.5. The van der Waals surface area contributed by atoms with Crippen molar-refractivity contribution in [3.05, 3.63) is 99.5 Å². The number of sulfone groups is 1. The third kappa shape index (κ3) is 6.04. The molecule has 4 rings (SSSR count). The highest BCUT2D eigenvalue weighted by Crippen LogP contribution is 2.41. The minimum absolute atomic E-state index is 0.0151. The van der Waals surface area contributed by atoms with Gasteiger partial charge in [0, 0.05) is 29.9 Å². The summed E-state index contributed by atoms with van der Waals surface area (Å²) in [6, 6.07) is 19.2. The molecule has 42 heavy (non-hydrogen) atoms. The van der Waals surface area contributed by atoms with Crippen LogP contribution < -0.4 is 10.5 Å². The summed E-state index contributed by atoms with van der Waals surface area (Å²) in [6.45, 7) is 10.1. The first-order chi connectivity index (χ1) is 20.0. The fraction of sp³-hybridized carbons (Fsp3) is 0.294. The van der Waals surface area contributed by atoms with E-state index in [1.165, 1.54) is 12.1 Å². The number of unbranched alkanes of at least 4 members (excludes halogenated alkanes) is 1. The van der Waals surface area contributed by atoms with Crippen LogP contribution in [0.15, 0.2) is 81.3 Å². The molecule has 220 valence electrons. The van der Waals surface area contributed by atoms with Gasteiger partial charge in [0.15, 0.2) is 16.4 Å². The molecule has 0 bridgehead atoms. The molecule has 0 saturated heterocycles. The molecule has 1 heterocycles. The van der Waals surface area contributed by atoms with Gasteiger partial charge in [0.2, 0.25) is 9.84 Å². The molecule has 4 aromatic rings. The molecule has 0 saturated carbocycles. The Balaban J connectivity index is 1.87. The lowest BCUT2D eigenvalue weighted by Gasteiger charge is -2.28.